The van der Waals surface area contributed by atoms with Crippen molar-refractivity contribution >= 4 is 16.1 Å². The van der Waals surface area contributed by atoms with Crippen LogP contribution in [0.25, 0.3) is 0 Å². The van der Waals surface area contributed by atoms with Crippen LogP contribution in [0.4, 0.5) is 4.79 Å². The number of ether oxygens (including phenoxy) is 5. The zero-order chi connectivity index (χ0) is 32.8. The van der Waals surface area contributed by atoms with Crippen molar-refractivity contribution in [3.63, 3.8) is 0 Å². The lowest BCUT2D eigenvalue weighted by atomic mass is 9.81. The number of hydrogen-bond acceptors (Lipinski definition) is 10. The van der Waals surface area contributed by atoms with Crippen molar-refractivity contribution in [1.29, 1.82) is 0 Å². The SMILES string of the molecule is CC(C)CN(C([C@H](O)[C@H](Cc1ccc(OCCCCN)cc1)NC(=O)O)[C@@H]1CO[C@H]2OCC[C@H]21)S(=O)(=O)c1ccc2c(c1)OCO2. The van der Waals surface area contributed by atoms with Gasteiger partial charge in [0.1, 0.15) is 5.75 Å². The topological polar surface area (TPSA) is 179 Å². The molecular weight excluding hydrogens is 618 g/mol. The summed E-state index contributed by atoms with van der Waals surface area (Å²) in [6.45, 7) is 5.57. The van der Waals surface area contributed by atoms with Gasteiger partial charge in [0.2, 0.25) is 16.8 Å². The number of amides is 1. The Morgan fingerprint density at radius 1 is 1.11 bits per heavy atom. The van der Waals surface area contributed by atoms with Crippen LogP contribution in [0.5, 0.6) is 17.2 Å². The molecule has 6 atom stereocenters. The lowest BCUT2D eigenvalue weighted by Crippen LogP contribution is -2.60. The minimum absolute atomic E-state index is 0.0116. The predicted molar refractivity (Wildman–Crippen MR) is 167 cm³/mol. The van der Waals surface area contributed by atoms with E-state index >= 15 is 0 Å². The normalized spacial score (nSPS) is 22.5. The highest BCUT2D eigenvalue weighted by Gasteiger charge is 2.52. The number of unbranched alkanes of at least 4 members (excludes halogenated alkanes) is 1. The molecule has 3 aliphatic rings. The molecule has 2 aromatic carbocycles. The third-order valence-electron chi connectivity index (χ3n) is 8.67. The van der Waals surface area contributed by atoms with Crippen molar-refractivity contribution in [3.8, 4) is 17.2 Å². The molecule has 3 heterocycles. The molecule has 0 bridgehead atoms. The van der Waals surface area contributed by atoms with Gasteiger partial charge in [0.05, 0.1) is 42.9 Å². The van der Waals surface area contributed by atoms with E-state index in [2.05, 4.69) is 5.32 Å². The van der Waals surface area contributed by atoms with E-state index in [9.17, 15) is 23.4 Å². The third kappa shape index (κ3) is 7.86. The molecule has 3 aliphatic heterocycles. The highest BCUT2D eigenvalue weighted by atomic mass is 32.2. The first kappa shape index (κ1) is 34.2. The van der Waals surface area contributed by atoms with Gasteiger partial charge < -0.3 is 44.9 Å². The minimum Gasteiger partial charge on any atom is -0.494 e. The van der Waals surface area contributed by atoms with Crippen LogP contribution in [0, 0.1) is 17.8 Å². The fraction of sp³-hybridized carbons (Fsp3) is 0.594. The zero-order valence-electron chi connectivity index (χ0n) is 26.2. The molecule has 0 radical (unpaired) electrons. The van der Waals surface area contributed by atoms with Crippen LogP contribution in [0.3, 0.4) is 0 Å². The second-order valence-corrected chi connectivity index (χ2v) is 14.3. The molecule has 5 rings (SSSR count). The number of carbonyl (C=O) groups is 1. The summed E-state index contributed by atoms with van der Waals surface area (Å²) >= 11 is 0. The Morgan fingerprint density at radius 2 is 1.87 bits per heavy atom. The van der Waals surface area contributed by atoms with Gasteiger partial charge >= 0.3 is 6.09 Å². The van der Waals surface area contributed by atoms with E-state index in [0.29, 0.717) is 43.4 Å². The predicted octanol–water partition coefficient (Wildman–Crippen LogP) is 2.80. The highest BCUT2D eigenvalue weighted by Crippen LogP contribution is 2.42. The highest BCUT2D eigenvalue weighted by molar-refractivity contribution is 7.89. The Kier molecular flexibility index (Phi) is 11.3. The van der Waals surface area contributed by atoms with Gasteiger partial charge in [-0.2, -0.15) is 4.31 Å². The molecule has 5 N–H and O–H groups in total. The number of nitrogens with one attached hydrogen (secondary N) is 1. The smallest absolute Gasteiger partial charge is 0.404 e. The summed E-state index contributed by atoms with van der Waals surface area (Å²) in [6, 6.07) is 9.54. The van der Waals surface area contributed by atoms with Crippen LogP contribution in [-0.2, 0) is 25.9 Å². The number of rotatable bonds is 16. The Morgan fingerprint density at radius 3 is 2.59 bits per heavy atom. The molecule has 14 heteroatoms. The number of sulfonamides is 1. The maximum atomic E-state index is 14.5. The number of aliphatic hydroxyl groups excluding tert-OH is 1. The fourth-order valence-corrected chi connectivity index (χ4v) is 8.33. The van der Waals surface area contributed by atoms with Crippen molar-refractivity contribution < 1.29 is 47.1 Å². The van der Waals surface area contributed by atoms with Crippen molar-refractivity contribution in [2.75, 3.05) is 39.7 Å². The van der Waals surface area contributed by atoms with Gasteiger partial charge in [0.25, 0.3) is 0 Å². The quantitative estimate of drug-likeness (QED) is 0.194. The second kappa shape index (κ2) is 15.2. The van der Waals surface area contributed by atoms with E-state index in [4.69, 9.17) is 29.4 Å². The Labute approximate surface area is 269 Å². The Bertz CT molecular complexity index is 1420. The van der Waals surface area contributed by atoms with Crippen molar-refractivity contribution in [3.05, 3.63) is 48.0 Å². The van der Waals surface area contributed by atoms with Gasteiger partial charge in [-0.3, -0.25) is 0 Å². The van der Waals surface area contributed by atoms with Gasteiger partial charge in [-0.05, 0) is 68.0 Å². The van der Waals surface area contributed by atoms with E-state index < -0.39 is 46.5 Å². The monoisotopic (exact) mass is 663 g/mol. The molecule has 2 aromatic rings. The van der Waals surface area contributed by atoms with Crippen molar-refractivity contribution in [2.24, 2.45) is 23.5 Å². The van der Waals surface area contributed by atoms with E-state index in [1.807, 2.05) is 26.0 Å². The molecule has 0 spiro atoms. The number of nitrogens with two attached hydrogens (primary N) is 1. The molecule has 2 saturated heterocycles. The van der Waals surface area contributed by atoms with E-state index in [1.165, 1.54) is 16.4 Å². The number of nitrogens with zero attached hydrogens (tertiary/aromatic N) is 1. The molecule has 46 heavy (non-hydrogen) atoms. The Balaban J connectivity index is 1.48. The standard InChI is InChI=1S/C32H45N3O10S/c1-20(2)17-35(46(39,40)23-9-10-27-28(16-23)45-19-44-27)29(25-18-43-31-24(25)11-14-42-31)30(36)26(34-32(37)38)15-21-5-7-22(8-6-21)41-13-4-3-12-33/h5-10,16,20,24-26,29-31,34,36H,3-4,11-15,17-19,33H2,1-2H3,(H,37,38)/t24-,25+,26-,29?,30+,31+/m0/s1. The number of carboxylic acid groups (broad SMARTS) is 1. The molecule has 1 amide bonds. The summed E-state index contributed by atoms with van der Waals surface area (Å²) in [5.74, 6) is 0.650. The molecule has 254 valence electrons. The van der Waals surface area contributed by atoms with Crippen molar-refractivity contribution in [2.45, 2.75) is 68.9 Å². The lowest BCUT2D eigenvalue weighted by Gasteiger charge is -2.42. The van der Waals surface area contributed by atoms with Gasteiger partial charge in [-0.25, -0.2) is 13.2 Å². The van der Waals surface area contributed by atoms with Crippen LogP contribution in [0.15, 0.2) is 47.4 Å². The number of hydrogen-bond donors (Lipinski definition) is 4. The van der Waals surface area contributed by atoms with Gasteiger partial charge in [-0.15, -0.1) is 0 Å². The number of aliphatic hydroxyl groups is 1. The van der Waals surface area contributed by atoms with E-state index in [1.54, 1.807) is 18.2 Å². The van der Waals surface area contributed by atoms with Crippen LogP contribution >= 0.6 is 0 Å². The Hall–Kier alpha value is -3.14. The third-order valence-corrected chi connectivity index (χ3v) is 10.5. The fourth-order valence-electron chi connectivity index (χ4n) is 6.46. The minimum atomic E-state index is -4.24. The maximum absolute atomic E-state index is 14.5. The van der Waals surface area contributed by atoms with E-state index in [-0.39, 0.29) is 43.1 Å². The molecule has 13 nitrogen and oxygen atoms in total. The summed E-state index contributed by atoms with van der Waals surface area (Å²) < 4.78 is 58.7. The van der Waals surface area contributed by atoms with Gasteiger partial charge in [0, 0.05) is 24.4 Å². The molecule has 1 unspecified atom stereocenters. The van der Waals surface area contributed by atoms with Crippen LogP contribution in [0.1, 0.15) is 38.7 Å². The van der Waals surface area contributed by atoms with Crippen LogP contribution < -0.4 is 25.3 Å². The molecule has 0 aromatic heterocycles. The van der Waals surface area contributed by atoms with Crippen LogP contribution in [-0.4, -0.2) is 93.2 Å². The average molecular weight is 664 g/mol. The summed E-state index contributed by atoms with van der Waals surface area (Å²) in [5.41, 5.74) is 6.29. The van der Waals surface area contributed by atoms with E-state index in [0.717, 1.165) is 18.4 Å². The number of fused-ring (bicyclic) bond motifs is 2. The molecule has 2 fully saturated rings. The molecule has 0 aliphatic carbocycles. The largest absolute Gasteiger partial charge is 0.494 e. The van der Waals surface area contributed by atoms with Gasteiger partial charge in [-0.1, -0.05) is 26.0 Å². The average Bonchev–Trinajstić information content (AvgIpc) is 3.77. The van der Waals surface area contributed by atoms with Gasteiger partial charge in [0.15, 0.2) is 17.8 Å². The molecule has 0 saturated carbocycles. The first-order chi connectivity index (χ1) is 22.1. The summed E-state index contributed by atoms with van der Waals surface area (Å²) in [5, 5.41) is 24.6. The van der Waals surface area contributed by atoms with Crippen LogP contribution in [0.2, 0.25) is 0 Å². The lowest BCUT2D eigenvalue weighted by molar-refractivity contribution is -0.0907. The molecular formula is C32H45N3O10S. The summed E-state index contributed by atoms with van der Waals surface area (Å²) in [7, 11) is -4.24. The summed E-state index contributed by atoms with van der Waals surface area (Å²) in [4.78, 5) is 12.1. The maximum Gasteiger partial charge on any atom is 0.404 e. The zero-order valence-corrected chi connectivity index (χ0v) is 27.1. The number of benzene rings is 2. The van der Waals surface area contributed by atoms with Crippen molar-refractivity contribution in [1.82, 2.24) is 9.62 Å². The summed E-state index contributed by atoms with van der Waals surface area (Å²) in [6.07, 6.45) is -0.872. The first-order valence-corrected chi connectivity index (χ1v) is 17.3. The second-order valence-electron chi connectivity index (χ2n) is 12.4. The first-order valence-electron chi connectivity index (χ1n) is 15.8.